The number of rotatable bonds is 7. The van der Waals surface area contributed by atoms with Gasteiger partial charge in [0, 0.05) is 19.7 Å². The molecule has 0 saturated carbocycles. The number of ether oxygens (including phenoxy) is 1. The van der Waals surface area contributed by atoms with Gasteiger partial charge >= 0.3 is 0 Å². The Hall–Kier alpha value is -1.64. The molecule has 8 heteroatoms. The molecule has 1 aromatic carbocycles. The van der Waals surface area contributed by atoms with E-state index in [0.29, 0.717) is 37.5 Å². The summed E-state index contributed by atoms with van der Waals surface area (Å²) in [5, 5.41) is 0. The molecule has 7 nitrogen and oxygen atoms in total. The fraction of sp³-hybridized carbons (Fsp3) is 0.588. The summed E-state index contributed by atoms with van der Waals surface area (Å²) in [7, 11) is -3.45. The van der Waals surface area contributed by atoms with E-state index in [1.165, 1.54) is 0 Å². The lowest BCUT2D eigenvalue weighted by Gasteiger charge is -2.32. The van der Waals surface area contributed by atoms with Crippen LogP contribution in [0.5, 0.6) is 0 Å². The molecule has 0 aromatic heterocycles. The lowest BCUT2D eigenvalue weighted by atomic mass is 10.0. The number of nitrogens with one attached hydrogen (secondary N) is 1. The topological polar surface area (TPSA) is 102 Å². The number of hydrogen-bond acceptors (Lipinski definition) is 5. The highest BCUT2D eigenvalue weighted by Crippen LogP contribution is 2.23. The number of carbonyl (C=O) groups is 1. The van der Waals surface area contributed by atoms with E-state index in [9.17, 15) is 13.2 Å². The van der Waals surface area contributed by atoms with Crippen LogP contribution in [0.1, 0.15) is 35.2 Å². The fourth-order valence-corrected chi connectivity index (χ4v) is 3.43. The molecule has 0 bridgehead atoms. The molecule has 2 rings (SSSR count). The number of nitrogens with two attached hydrogens (primary N) is 1. The van der Waals surface area contributed by atoms with E-state index in [0.717, 1.165) is 31.1 Å². The van der Waals surface area contributed by atoms with Gasteiger partial charge in [0.25, 0.3) is 5.91 Å². The standard InChI is InChI=1S/C17H27N3O4S/c1-13-4-5-16(19-25(2,22)23)15(12-13)17(21)20-9-6-14(7-10-20)24-11-3-8-18/h4-5,12,14,19H,3,6-11,18H2,1-2H3. The first-order valence-electron chi connectivity index (χ1n) is 8.49. The van der Waals surface area contributed by atoms with Gasteiger partial charge in [0.1, 0.15) is 0 Å². The van der Waals surface area contributed by atoms with Gasteiger partial charge in [0.2, 0.25) is 10.0 Å². The minimum absolute atomic E-state index is 0.154. The lowest BCUT2D eigenvalue weighted by Crippen LogP contribution is -2.41. The zero-order chi connectivity index (χ0) is 18.4. The van der Waals surface area contributed by atoms with Crippen molar-refractivity contribution in [3.05, 3.63) is 29.3 Å². The van der Waals surface area contributed by atoms with Crippen molar-refractivity contribution in [1.82, 2.24) is 4.90 Å². The zero-order valence-corrected chi connectivity index (χ0v) is 15.6. The maximum atomic E-state index is 12.9. The normalized spacial score (nSPS) is 16.0. The highest BCUT2D eigenvalue weighted by Gasteiger charge is 2.26. The predicted molar refractivity (Wildman–Crippen MR) is 98.2 cm³/mol. The summed E-state index contributed by atoms with van der Waals surface area (Å²) in [5.74, 6) is -0.157. The van der Waals surface area contributed by atoms with Crippen LogP contribution in [0.4, 0.5) is 5.69 Å². The van der Waals surface area contributed by atoms with Gasteiger partial charge in [0.15, 0.2) is 0 Å². The van der Waals surface area contributed by atoms with E-state index in [1.54, 1.807) is 23.1 Å². The third kappa shape index (κ3) is 5.98. The highest BCUT2D eigenvalue weighted by atomic mass is 32.2. The molecule has 1 fully saturated rings. The van der Waals surface area contributed by atoms with Gasteiger partial charge in [-0.2, -0.15) is 0 Å². The fourth-order valence-electron chi connectivity index (χ4n) is 2.85. The summed E-state index contributed by atoms with van der Waals surface area (Å²) >= 11 is 0. The van der Waals surface area contributed by atoms with Crippen molar-refractivity contribution >= 4 is 21.6 Å². The van der Waals surface area contributed by atoms with Gasteiger partial charge in [-0.15, -0.1) is 0 Å². The van der Waals surface area contributed by atoms with Crippen molar-refractivity contribution in [3.8, 4) is 0 Å². The number of amides is 1. The average Bonchev–Trinajstić information content (AvgIpc) is 2.55. The number of aryl methyl sites for hydroxylation is 1. The van der Waals surface area contributed by atoms with Crippen LogP contribution < -0.4 is 10.5 Å². The van der Waals surface area contributed by atoms with E-state index >= 15 is 0 Å². The molecule has 0 atom stereocenters. The van der Waals surface area contributed by atoms with Crippen LogP contribution in [-0.4, -0.2) is 57.8 Å². The summed E-state index contributed by atoms with van der Waals surface area (Å²) in [6.45, 7) is 4.32. The van der Waals surface area contributed by atoms with Crippen LogP contribution in [0.15, 0.2) is 18.2 Å². The Balaban J connectivity index is 2.05. The van der Waals surface area contributed by atoms with Crippen LogP contribution in [0.3, 0.4) is 0 Å². The van der Waals surface area contributed by atoms with Crippen LogP contribution in [0.2, 0.25) is 0 Å². The number of sulfonamides is 1. The molecule has 0 aliphatic carbocycles. The Kier molecular flexibility index (Phi) is 6.80. The zero-order valence-electron chi connectivity index (χ0n) is 14.8. The number of likely N-dealkylation sites (tertiary alicyclic amines) is 1. The Morgan fingerprint density at radius 3 is 2.64 bits per heavy atom. The summed E-state index contributed by atoms with van der Waals surface area (Å²) in [5.41, 5.74) is 7.07. The second-order valence-corrected chi connectivity index (χ2v) is 8.18. The number of nitrogens with zero attached hydrogens (tertiary/aromatic N) is 1. The monoisotopic (exact) mass is 369 g/mol. The molecule has 1 aliphatic rings. The predicted octanol–water partition coefficient (Wildman–Crippen LogP) is 1.34. The minimum Gasteiger partial charge on any atom is -0.378 e. The largest absolute Gasteiger partial charge is 0.378 e. The summed E-state index contributed by atoms with van der Waals surface area (Å²) in [6, 6.07) is 5.13. The van der Waals surface area contributed by atoms with Gasteiger partial charge in [-0.3, -0.25) is 9.52 Å². The first-order valence-corrected chi connectivity index (χ1v) is 10.4. The van der Waals surface area contributed by atoms with Crippen LogP contribution in [0, 0.1) is 6.92 Å². The molecular formula is C17H27N3O4S. The number of carbonyl (C=O) groups excluding carboxylic acids is 1. The van der Waals surface area contributed by atoms with E-state index in [4.69, 9.17) is 10.5 Å². The van der Waals surface area contributed by atoms with Gasteiger partial charge in [-0.25, -0.2) is 8.42 Å². The van der Waals surface area contributed by atoms with E-state index < -0.39 is 10.0 Å². The molecule has 25 heavy (non-hydrogen) atoms. The van der Waals surface area contributed by atoms with Crippen molar-refractivity contribution in [2.75, 3.05) is 37.2 Å². The molecule has 0 unspecified atom stereocenters. The molecule has 1 aromatic rings. The molecule has 1 amide bonds. The van der Waals surface area contributed by atoms with Gasteiger partial charge in [-0.05, 0) is 44.9 Å². The molecular weight excluding hydrogens is 342 g/mol. The molecule has 1 heterocycles. The Labute approximate surface area is 149 Å². The summed E-state index contributed by atoms with van der Waals surface area (Å²) < 4.78 is 31.3. The summed E-state index contributed by atoms with van der Waals surface area (Å²) in [6.07, 6.45) is 3.61. The first kappa shape index (κ1) is 19.7. The molecule has 1 saturated heterocycles. The quantitative estimate of drug-likeness (QED) is 0.706. The van der Waals surface area contributed by atoms with Gasteiger partial charge < -0.3 is 15.4 Å². The van der Waals surface area contributed by atoms with Crippen LogP contribution >= 0.6 is 0 Å². The maximum Gasteiger partial charge on any atom is 0.255 e. The molecule has 3 N–H and O–H groups in total. The minimum atomic E-state index is -3.45. The van der Waals surface area contributed by atoms with Crippen molar-refractivity contribution in [2.45, 2.75) is 32.3 Å². The Morgan fingerprint density at radius 1 is 1.36 bits per heavy atom. The lowest BCUT2D eigenvalue weighted by molar-refractivity contribution is 0.00847. The Morgan fingerprint density at radius 2 is 2.04 bits per heavy atom. The van der Waals surface area contributed by atoms with Crippen LogP contribution in [-0.2, 0) is 14.8 Å². The average molecular weight is 369 g/mol. The third-order valence-corrected chi connectivity index (χ3v) is 4.72. The smallest absolute Gasteiger partial charge is 0.255 e. The van der Waals surface area contributed by atoms with Crippen molar-refractivity contribution in [1.29, 1.82) is 0 Å². The molecule has 1 aliphatic heterocycles. The maximum absolute atomic E-state index is 12.9. The van der Waals surface area contributed by atoms with Gasteiger partial charge in [-0.1, -0.05) is 11.6 Å². The number of benzene rings is 1. The molecule has 0 radical (unpaired) electrons. The molecule has 0 spiro atoms. The van der Waals surface area contributed by atoms with Crippen molar-refractivity contribution < 1.29 is 17.9 Å². The van der Waals surface area contributed by atoms with E-state index in [-0.39, 0.29) is 12.0 Å². The highest BCUT2D eigenvalue weighted by molar-refractivity contribution is 7.92. The van der Waals surface area contributed by atoms with Crippen molar-refractivity contribution in [2.24, 2.45) is 5.73 Å². The second-order valence-electron chi connectivity index (χ2n) is 6.43. The van der Waals surface area contributed by atoms with Crippen molar-refractivity contribution in [3.63, 3.8) is 0 Å². The van der Waals surface area contributed by atoms with E-state index in [1.807, 2.05) is 6.92 Å². The number of piperidine rings is 1. The molecule has 140 valence electrons. The second kappa shape index (κ2) is 8.64. The first-order chi connectivity index (χ1) is 11.8. The Bertz CT molecular complexity index is 698. The third-order valence-electron chi connectivity index (χ3n) is 4.13. The number of anilines is 1. The van der Waals surface area contributed by atoms with Gasteiger partial charge in [0.05, 0.1) is 23.6 Å². The summed E-state index contributed by atoms with van der Waals surface area (Å²) in [4.78, 5) is 14.6. The number of hydrogen-bond donors (Lipinski definition) is 2. The van der Waals surface area contributed by atoms with Crippen LogP contribution in [0.25, 0.3) is 0 Å². The SMILES string of the molecule is Cc1ccc(NS(C)(=O)=O)c(C(=O)N2CCC(OCCCN)CC2)c1. The van der Waals surface area contributed by atoms with E-state index in [2.05, 4.69) is 4.72 Å².